The average Bonchev–Trinajstić information content (AvgIpc) is 3.25. The molecule has 9 heteroatoms. The van der Waals surface area contributed by atoms with E-state index in [1.54, 1.807) is 18.4 Å². The highest BCUT2D eigenvalue weighted by Gasteiger charge is 2.19. The van der Waals surface area contributed by atoms with E-state index >= 15 is 0 Å². The van der Waals surface area contributed by atoms with Crippen LogP contribution in [0.2, 0.25) is 0 Å². The smallest absolute Gasteiger partial charge is 0.191 e. The molecule has 154 valence electrons. The second-order valence-electron chi connectivity index (χ2n) is 6.30. The first-order chi connectivity index (χ1) is 13.2. The Morgan fingerprint density at radius 2 is 2.04 bits per heavy atom. The van der Waals surface area contributed by atoms with Gasteiger partial charge in [-0.05, 0) is 24.1 Å². The molecule has 28 heavy (non-hydrogen) atoms. The lowest BCUT2D eigenvalue weighted by Gasteiger charge is -2.35. The first-order valence-electron chi connectivity index (χ1n) is 9.20. The number of methoxy groups -OCH3 is 1. The highest BCUT2D eigenvalue weighted by atomic mass is 127. The van der Waals surface area contributed by atoms with Crippen molar-refractivity contribution in [1.82, 2.24) is 9.88 Å². The molecule has 2 N–H and O–H groups in total. The van der Waals surface area contributed by atoms with Gasteiger partial charge in [-0.25, -0.2) is 9.98 Å². The molecule has 2 aromatic rings. The van der Waals surface area contributed by atoms with E-state index in [0.29, 0.717) is 19.1 Å². The number of guanidine groups is 1. The van der Waals surface area contributed by atoms with Crippen LogP contribution in [0.15, 0.2) is 34.8 Å². The summed E-state index contributed by atoms with van der Waals surface area (Å²) in [5, 5.41) is 3.08. The van der Waals surface area contributed by atoms with E-state index in [9.17, 15) is 0 Å². The van der Waals surface area contributed by atoms with Crippen LogP contribution < -0.4 is 20.1 Å². The summed E-state index contributed by atoms with van der Waals surface area (Å²) in [6.07, 6.45) is 2.80. The molecule has 0 radical (unpaired) electrons. The first-order valence-corrected chi connectivity index (χ1v) is 10.1. The summed E-state index contributed by atoms with van der Waals surface area (Å²) < 4.78 is 11.1. The van der Waals surface area contributed by atoms with Gasteiger partial charge in [0.1, 0.15) is 0 Å². The molecule has 0 unspecified atom stereocenters. The molecule has 7 nitrogen and oxygen atoms in total. The van der Waals surface area contributed by atoms with Gasteiger partial charge in [-0.15, -0.1) is 35.3 Å². The zero-order chi connectivity index (χ0) is 19.1. The maximum atomic E-state index is 6.22. The number of benzene rings is 1. The van der Waals surface area contributed by atoms with E-state index in [1.807, 2.05) is 29.8 Å². The van der Waals surface area contributed by atoms with Gasteiger partial charge in [0.15, 0.2) is 22.6 Å². The fourth-order valence-corrected chi connectivity index (χ4v) is 3.61. The van der Waals surface area contributed by atoms with E-state index in [4.69, 9.17) is 15.2 Å². The monoisotopic (exact) mass is 517 g/mol. The summed E-state index contributed by atoms with van der Waals surface area (Å²) in [5.74, 6) is 2.07. The predicted octanol–water partition coefficient (Wildman–Crippen LogP) is 3.20. The van der Waals surface area contributed by atoms with Gasteiger partial charge in [0.2, 0.25) is 0 Å². The molecule has 2 heterocycles. The number of rotatable bonds is 7. The predicted molar refractivity (Wildman–Crippen MR) is 125 cm³/mol. The number of hydrogen-bond donors (Lipinski definition) is 1. The number of nitrogens with two attached hydrogens (primary N) is 1. The van der Waals surface area contributed by atoms with Crippen molar-refractivity contribution in [3.63, 3.8) is 0 Å². The maximum Gasteiger partial charge on any atom is 0.191 e. The van der Waals surface area contributed by atoms with E-state index in [0.717, 1.165) is 54.8 Å². The largest absolute Gasteiger partial charge is 0.493 e. The Balaban J connectivity index is 0.00000280. The highest BCUT2D eigenvalue weighted by Crippen LogP contribution is 2.28. The summed E-state index contributed by atoms with van der Waals surface area (Å²) in [6, 6.07) is 5.90. The molecule has 1 saturated heterocycles. The van der Waals surface area contributed by atoms with Crippen molar-refractivity contribution in [2.45, 2.75) is 19.9 Å². The number of aromatic nitrogens is 1. The molecule has 1 aromatic carbocycles. The minimum Gasteiger partial charge on any atom is -0.493 e. The minimum absolute atomic E-state index is 0. The van der Waals surface area contributed by atoms with Crippen molar-refractivity contribution in [2.24, 2.45) is 10.7 Å². The van der Waals surface area contributed by atoms with Crippen LogP contribution in [0, 0.1) is 0 Å². The Bertz CT molecular complexity index is 749. The molecule has 1 aliphatic heterocycles. The third kappa shape index (κ3) is 5.87. The molecule has 0 atom stereocenters. The number of aliphatic imine (C=N–C) groups is 1. The van der Waals surface area contributed by atoms with E-state index in [2.05, 4.69) is 26.7 Å². The number of nitrogens with zero attached hydrogens (tertiary/aromatic N) is 4. The van der Waals surface area contributed by atoms with Crippen molar-refractivity contribution in [3.8, 4) is 11.5 Å². The molecule has 0 bridgehead atoms. The fraction of sp³-hybridized carbons (Fsp3) is 0.474. The second kappa shape index (κ2) is 11.3. The van der Waals surface area contributed by atoms with Gasteiger partial charge < -0.3 is 25.0 Å². The first kappa shape index (κ1) is 22.5. The number of ether oxygens (including phenoxy) is 2. The van der Waals surface area contributed by atoms with Crippen LogP contribution >= 0.6 is 35.3 Å². The normalized spacial score (nSPS) is 14.6. The molecule has 0 spiro atoms. The quantitative estimate of drug-likeness (QED) is 0.346. The van der Waals surface area contributed by atoms with Crippen LogP contribution in [0.1, 0.15) is 18.9 Å². The molecule has 1 aromatic heterocycles. The summed E-state index contributed by atoms with van der Waals surface area (Å²) >= 11 is 1.67. The third-order valence-corrected chi connectivity index (χ3v) is 5.24. The Hall–Kier alpha value is -1.75. The summed E-state index contributed by atoms with van der Waals surface area (Å²) in [4.78, 5) is 13.3. The summed E-state index contributed by atoms with van der Waals surface area (Å²) in [7, 11) is 1.65. The molecule has 0 saturated carbocycles. The molecule has 1 fully saturated rings. The SMILES string of the molecule is CCCOc1ccc(CN=C(N)N2CCN(c3nccs3)CC2)cc1OC.I. The standard InChI is InChI=1S/C19H27N5O2S.HI/c1-3-11-26-16-5-4-15(13-17(16)25-2)14-22-18(20)23-7-9-24(10-8-23)19-21-6-12-27-19;/h4-6,12-13H,3,7-11,14H2,1-2H3,(H2,20,22);1H. The number of hydrogen-bond acceptors (Lipinski definition) is 6. The molecular formula is C19H28IN5O2S. The van der Waals surface area contributed by atoms with Crippen molar-refractivity contribution in [1.29, 1.82) is 0 Å². The van der Waals surface area contributed by atoms with Gasteiger partial charge in [0.25, 0.3) is 0 Å². The third-order valence-electron chi connectivity index (χ3n) is 4.41. The van der Waals surface area contributed by atoms with Crippen molar-refractivity contribution < 1.29 is 9.47 Å². The van der Waals surface area contributed by atoms with E-state index in [1.165, 1.54) is 0 Å². The second-order valence-corrected chi connectivity index (χ2v) is 7.17. The molecule has 1 aliphatic rings. The van der Waals surface area contributed by atoms with Crippen LogP contribution in [0.3, 0.4) is 0 Å². The lowest BCUT2D eigenvalue weighted by Crippen LogP contribution is -2.51. The molecule has 0 aliphatic carbocycles. The Kier molecular flexibility index (Phi) is 9.10. The Morgan fingerprint density at radius 1 is 1.25 bits per heavy atom. The lowest BCUT2D eigenvalue weighted by molar-refractivity contribution is 0.294. The van der Waals surface area contributed by atoms with Gasteiger partial charge in [0.05, 0.1) is 20.3 Å². The van der Waals surface area contributed by atoms with Crippen LogP contribution in [0.4, 0.5) is 5.13 Å². The zero-order valence-corrected chi connectivity index (χ0v) is 19.5. The molecule has 3 rings (SSSR count). The molecular weight excluding hydrogens is 489 g/mol. The highest BCUT2D eigenvalue weighted by molar-refractivity contribution is 14.0. The molecule has 0 amide bonds. The summed E-state index contributed by atoms with van der Waals surface area (Å²) in [5.41, 5.74) is 7.26. The van der Waals surface area contributed by atoms with Crippen LogP contribution in [-0.2, 0) is 6.54 Å². The number of thiazole rings is 1. The maximum absolute atomic E-state index is 6.22. The van der Waals surface area contributed by atoms with Crippen molar-refractivity contribution >= 4 is 46.4 Å². The van der Waals surface area contributed by atoms with E-state index in [-0.39, 0.29) is 24.0 Å². The Morgan fingerprint density at radius 3 is 2.68 bits per heavy atom. The summed E-state index contributed by atoms with van der Waals surface area (Å²) in [6.45, 7) is 6.78. The van der Waals surface area contributed by atoms with Gasteiger partial charge in [-0.3, -0.25) is 0 Å². The van der Waals surface area contributed by atoms with Crippen LogP contribution in [0.5, 0.6) is 11.5 Å². The number of halogens is 1. The fourth-order valence-electron chi connectivity index (χ4n) is 2.91. The average molecular weight is 517 g/mol. The zero-order valence-electron chi connectivity index (χ0n) is 16.3. The van der Waals surface area contributed by atoms with E-state index < -0.39 is 0 Å². The van der Waals surface area contributed by atoms with Gasteiger partial charge in [0, 0.05) is 37.8 Å². The van der Waals surface area contributed by atoms with Crippen molar-refractivity contribution in [3.05, 3.63) is 35.3 Å². The van der Waals surface area contributed by atoms with Gasteiger partial charge >= 0.3 is 0 Å². The topological polar surface area (TPSA) is 76.2 Å². The van der Waals surface area contributed by atoms with Gasteiger partial charge in [-0.1, -0.05) is 13.0 Å². The van der Waals surface area contributed by atoms with Gasteiger partial charge in [-0.2, -0.15) is 0 Å². The van der Waals surface area contributed by atoms with Crippen LogP contribution in [0.25, 0.3) is 0 Å². The lowest BCUT2D eigenvalue weighted by atomic mass is 10.2. The van der Waals surface area contributed by atoms with Crippen molar-refractivity contribution in [2.75, 3.05) is 44.8 Å². The number of anilines is 1. The van der Waals surface area contributed by atoms with Crippen LogP contribution in [-0.4, -0.2) is 55.7 Å². The Labute approximate surface area is 187 Å². The minimum atomic E-state index is 0. The number of piperazine rings is 1.